The molecule has 1 aromatic heterocycles. The average molecular weight is 424 g/mol. The van der Waals surface area contributed by atoms with Crippen LogP contribution in [0.25, 0.3) is 0 Å². The predicted molar refractivity (Wildman–Crippen MR) is 119 cm³/mol. The van der Waals surface area contributed by atoms with E-state index in [0.717, 1.165) is 29.0 Å². The third-order valence-electron chi connectivity index (χ3n) is 4.51. The summed E-state index contributed by atoms with van der Waals surface area (Å²) in [7, 11) is 0. The van der Waals surface area contributed by atoms with Gasteiger partial charge in [0.1, 0.15) is 22.2 Å². The van der Waals surface area contributed by atoms with E-state index in [-0.39, 0.29) is 25.0 Å². The van der Waals surface area contributed by atoms with Crippen LogP contribution >= 0.6 is 11.3 Å². The number of rotatable bonds is 8. The van der Waals surface area contributed by atoms with Crippen LogP contribution in [0.1, 0.15) is 38.4 Å². The first kappa shape index (κ1) is 21.5. The van der Waals surface area contributed by atoms with Crippen LogP contribution in [0.4, 0.5) is 5.69 Å². The highest BCUT2D eigenvalue weighted by molar-refractivity contribution is 7.13. The molecule has 2 amide bonds. The van der Waals surface area contributed by atoms with E-state index < -0.39 is 0 Å². The molecule has 0 aliphatic carbocycles. The first-order valence-electron chi connectivity index (χ1n) is 9.78. The Labute approximate surface area is 180 Å². The number of para-hydroxylation sites is 1. The lowest BCUT2D eigenvalue weighted by atomic mass is 10.1. The molecule has 0 aliphatic rings. The number of hydrogen-bond donors (Lipinski definition) is 2. The molecule has 0 radical (unpaired) electrons. The maximum absolute atomic E-state index is 12.5. The molecular formula is C23H25N3O3S. The van der Waals surface area contributed by atoms with E-state index in [1.807, 2.05) is 62.4 Å². The molecule has 0 fully saturated rings. The van der Waals surface area contributed by atoms with Crippen molar-refractivity contribution in [3.63, 3.8) is 0 Å². The number of nitrogens with one attached hydrogen (secondary N) is 2. The summed E-state index contributed by atoms with van der Waals surface area (Å²) < 4.78 is 5.73. The van der Waals surface area contributed by atoms with Gasteiger partial charge in [-0.25, -0.2) is 4.98 Å². The molecule has 156 valence electrons. The molecule has 0 atom stereocenters. The van der Waals surface area contributed by atoms with Crippen molar-refractivity contribution in [2.75, 3.05) is 11.9 Å². The molecule has 2 N–H and O–H groups in total. The maximum atomic E-state index is 12.5. The van der Waals surface area contributed by atoms with Gasteiger partial charge in [-0.1, -0.05) is 42.8 Å². The van der Waals surface area contributed by atoms with Crippen LogP contribution in [-0.2, 0) is 17.8 Å². The summed E-state index contributed by atoms with van der Waals surface area (Å²) in [6.07, 6.45) is 0.816. The minimum atomic E-state index is -0.314. The molecule has 3 rings (SSSR count). The third kappa shape index (κ3) is 5.67. The lowest BCUT2D eigenvalue weighted by Crippen LogP contribution is -2.33. The quantitative estimate of drug-likeness (QED) is 0.567. The summed E-state index contributed by atoms with van der Waals surface area (Å²) in [5.74, 6) is 0.170. The van der Waals surface area contributed by atoms with Crippen LogP contribution in [0.15, 0.2) is 48.5 Å². The number of anilines is 1. The van der Waals surface area contributed by atoms with Crippen LogP contribution in [0, 0.1) is 13.8 Å². The van der Waals surface area contributed by atoms with Gasteiger partial charge in [-0.15, -0.1) is 11.3 Å². The van der Waals surface area contributed by atoms with Crippen molar-refractivity contribution in [1.82, 2.24) is 10.3 Å². The number of aromatic nitrogens is 1. The Morgan fingerprint density at radius 2 is 1.80 bits per heavy atom. The zero-order chi connectivity index (χ0) is 21.5. The minimum Gasteiger partial charge on any atom is -0.486 e. The summed E-state index contributed by atoms with van der Waals surface area (Å²) in [5, 5.41) is 6.22. The Hall–Kier alpha value is -3.19. The second-order valence-corrected chi connectivity index (χ2v) is 7.95. The lowest BCUT2D eigenvalue weighted by molar-refractivity contribution is -0.115. The molecule has 6 nitrogen and oxygen atoms in total. The van der Waals surface area contributed by atoms with E-state index in [1.54, 1.807) is 6.92 Å². The molecule has 7 heteroatoms. The van der Waals surface area contributed by atoms with Crippen molar-refractivity contribution in [2.45, 2.75) is 33.8 Å². The summed E-state index contributed by atoms with van der Waals surface area (Å²) in [4.78, 5) is 29.6. The van der Waals surface area contributed by atoms with Gasteiger partial charge >= 0.3 is 0 Å². The Morgan fingerprint density at radius 3 is 2.53 bits per heavy atom. The zero-order valence-electron chi connectivity index (χ0n) is 17.3. The summed E-state index contributed by atoms with van der Waals surface area (Å²) in [5.41, 5.74) is 3.60. The smallest absolute Gasteiger partial charge is 0.263 e. The molecule has 1 heterocycles. The lowest BCUT2D eigenvalue weighted by Gasteiger charge is -2.10. The van der Waals surface area contributed by atoms with Crippen LogP contribution in [-0.4, -0.2) is 23.3 Å². The topological polar surface area (TPSA) is 80.3 Å². The highest BCUT2D eigenvalue weighted by atomic mass is 32.1. The molecular weight excluding hydrogens is 398 g/mol. The number of amides is 2. The molecule has 0 aliphatic heterocycles. The van der Waals surface area contributed by atoms with Crippen LogP contribution in [0.5, 0.6) is 5.75 Å². The monoisotopic (exact) mass is 423 g/mol. The van der Waals surface area contributed by atoms with E-state index in [1.165, 1.54) is 11.3 Å². The van der Waals surface area contributed by atoms with Crippen molar-refractivity contribution >= 4 is 28.8 Å². The van der Waals surface area contributed by atoms with Gasteiger partial charge in [0, 0.05) is 5.69 Å². The minimum absolute atomic E-state index is 0.108. The normalized spacial score (nSPS) is 10.5. The number of ether oxygens (including phenoxy) is 1. The first-order valence-corrected chi connectivity index (χ1v) is 10.6. The van der Waals surface area contributed by atoms with Gasteiger partial charge < -0.3 is 15.4 Å². The van der Waals surface area contributed by atoms with Gasteiger partial charge in [-0.2, -0.15) is 0 Å². The summed E-state index contributed by atoms with van der Waals surface area (Å²) in [6, 6.07) is 15.4. The van der Waals surface area contributed by atoms with E-state index in [9.17, 15) is 9.59 Å². The number of hydrogen-bond acceptors (Lipinski definition) is 5. The SMILES string of the molecule is CCc1ccccc1NC(=O)CNC(=O)c1sc(COc2ccc(C)cc2)nc1C. The maximum Gasteiger partial charge on any atom is 0.263 e. The number of carbonyl (C=O) groups is 2. The highest BCUT2D eigenvalue weighted by Crippen LogP contribution is 2.21. The summed E-state index contributed by atoms with van der Waals surface area (Å²) >= 11 is 1.27. The number of nitrogens with zero attached hydrogens (tertiary/aromatic N) is 1. The van der Waals surface area contributed by atoms with E-state index in [0.29, 0.717) is 15.6 Å². The second-order valence-electron chi connectivity index (χ2n) is 6.87. The number of benzene rings is 2. The van der Waals surface area contributed by atoms with E-state index in [2.05, 4.69) is 15.6 Å². The van der Waals surface area contributed by atoms with Gasteiger partial charge in [-0.3, -0.25) is 9.59 Å². The number of thiazole rings is 1. The molecule has 0 bridgehead atoms. The molecule has 0 unspecified atom stereocenters. The fraction of sp³-hybridized carbons (Fsp3) is 0.261. The van der Waals surface area contributed by atoms with E-state index >= 15 is 0 Å². The Kier molecular flexibility index (Phi) is 7.19. The van der Waals surface area contributed by atoms with Crippen LogP contribution in [0.2, 0.25) is 0 Å². The first-order chi connectivity index (χ1) is 14.5. The molecule has 30 heavy (non-hydrogen) atoms. The van der Waals surface area contributed by atoms with Crippen molar-refractivity contribution in [2.24, 2.45) is 0 Å². The molecule has 0 saturated heterocycles. The molecule has 3 aromatic rings. The average Bonchev–Trinajstić information content (AvgIpc) is 3.12. The van der Waals surface area contributed by atoms with Crippen LogP contribution < -0.4 is 15.4 Å². The fourth-order valence-corrected chi connectivity index (χ4v) is 3.78. The van der Waals surface area contributed by atoms with Crippen molar-refractivity contribution < 1.29 is 14.3 Å². The second kappa shape index (κ2) is 10.0. The van der Waals surface area contributed by atoms with Gasteiger partial charge in [0.15, 0.2) is 0 Å². The van der Waals surface area contributed by atoms with Crippen molar-refractivity contribution in [1.29, 1.82) is 0 Å². The predicted octanol–water partition coefficient (Wildman–Crippen LogP) is 4.27. The van der Waals surface area contributed by atoms with Gasteiger partial charge in [0.25, 0.3) is 5.91 Å². The van der Waals surface area contributed by atoms with Crippen molar-refractivity contribution in [3.05, 3.63) is 75.2 Å². The number of carbonyl (C=O) groups excluding carboxylic acids is 2. The van der Waals surface area contributed by atoms with Gasteiger partial charge in [0.05, 0.1) is 12.2 Å². The van der Waals surface area contributed by atoms with Gasteiger partial charge in [-0.05, 0) is 44.0 Å². The Bertz CT molecular complexity index is 1030. The standard InChI is InChI=1S/C23H25N3O3S/c1-4-17-7-5-6-8-19(17)26-20(27)13-24-23(28)22-16(3)25-21(30-22)14-29-18-11-9-15(2)10-12-18/h5-12H,4,13-14H2,1-3H3,(H,24,28)(H,26,27). The molecule has 0 saturated carbocycles. The van der Waals surface area contributed by atoms with Gasteiger partial charge in [0.2, 0.25) is 5.91 Å². The van der Waals surface area contributed by atoms with Crippen molar-refractivity contribution in [3.8, 4) is 5.75 Å². The Balaban J connectivity index is 1.53. The van der Waals surface area contributed by atoms with E-state index in [4.69, 9.17) is 4.74 Å². The number of aryl methyl sites for hydroxylation is 3. The van der Waals surface area contributed by atoms with Crippen LogP contribution in [0.3, 0.4) is 0 Å². The zero-order valence-corrected chi connectivity index (χ0v) is 18.1. The molecule has 2 aromatic carbocycles. The largest absolute Gasteiger partial charge is 0.486 e. The summed E-state index contributed by atoms with van der Waals surface area (Å²) in [6.45, 7) is 6.00. The third-order valence-corrected chi connectivity index (χ3v) is 5.64. The molecule has 0 spiro atoms. The fourth-order valence-electron chi connectivity index (χ4n) is 2.89. The highest BCUT2D eigenvalue weighted by Gasteiger charge is 2.17. The Morgan fingerprint density at radius 1 is 1.07 bits per heavy atom.